The Bertz CT molecular complexity index is 726. The van der Waals surface area contributed by atoms with Crippen LogP contribution in [-0.4, -0.2) is 22.9 Å². The monoisotopic (exact) mass is 373 g/mol. The molecule has 0 spiro atoms. The fourth-order valence-corrected chi connectivity index (χ4v) is 7.51. The van der Waals surface area contributed by atoms with Crippen molar-refractivity contribution >= 4 is 5.78 Å². The van der Waals surface area contributed by atoms with E-state index < -0.39 is 4.92 Å². The Kier molecular flexibility index (Phi) is 3.89. The van der Waals surface area contributed by atoms with Crippen LogP contribution in [0.4, 0.5) is 0 Å². The number of carbonyl (C=O) groups is 1. The van der Waals surface area contributed by atoms with Gasteiger partial charge in [-0.2, -0.15) is 0 Å². The van der Waals surface area contributed by atoms with Crippen LogP contribution < -0.4 is 0 Å². The van der Waals surface area contributed by atoms with Gasteiger partial charge in [0, 0.05) is 12.0 Å². The van der Waals surface area contributed by atoms with Gasteiger partial charge in [0.25, 0.3) is 0 Å². The number of hydrogen-bond acceptors (Lipinski definition) is 4. The Morgan fingerprint density at radius 2 is 1.78 bits per heavy atom. The van der Waals surface area contributed by atoms with Gasteiger partial charge >= 0.3 is 5.70 Å². The molecule has 148 valence electrons. The van der Waals surface area contributed by atoms with Crippen molar-refractivity contribution in [2.45, 2.75) is 90.3 Å². The van der Waals surface area contributed by atoms with Crippen molar-refractivity contribution in [2.24, 2.45) is 28.6 Å². The molecule has 6 atom stereocenters. The molecule has 0 aromatic carbocycles. The maximum Gasteiger partial charge on any atom is 0.311 e. The van der Waals surface area contributed by atoms with Gasteiger partial charge in [0.15, 0.2) is 0 Å². The van der Waals surface area contributed by atoms with E-state index in [1.54, 1.807) is 0 Å². The van der Waals surface area contributed by atoms with E-state index in [-0.39, 0.29) is 22.3 Å². The van der Waals surface area contributed by atoms with Gasteiger partial charge in [-0.05, 0) is 86.4 Å². The molecule has 0 amide bonds. The zero-order valence-corrected chi connectivity index (χ0v) is 16.5. The zero-order chi connectivity index (χ0) is 19.0. The van der Waals surface area contributed by atoms with E-state index >= 15 is 0 Å². The minimum absolute atomic E-state index is 0.0584. The summed E-state index contributed by atoms with van der Waals surface area (Å²) >= 11 is 0. The van der Waals surface area contributed by atoms with Crippen LogP contribution in [-0.2, 0) is 9.53 Å². The van der Waals surface area contributed by atoms with Crippen LogP contribution in [0.3, 0.4) is 0 Å². The predicted molar refractivity (Wildman–Crippen MR) is 101 cm³/mol. The van der Waals surface area contributed by atoms with Crippen molar-refractivity contribution in [3.63, 3.8) is 0 Å². The molecule has 0 aliphatic heterocycles. The van der Waals surface area contributed by atoms with E-state index in [0.29, 0.717) is 36.4 Å². The molecule has 5 heteroatoms. The van der Waals surface area contributed by atoms with Gasteiger partial charge in [0.2, 0.25) is 5.78 Å². The Hall–Kier alpha value is -1.23. The molecular formula is C22H31NO4. The molecule has 5 aliphatic carbocycles. The van der Waals surface area contributed by atoms with Gasteiger partial charge in [-0.25, -0.2) is 0 Å². The summed E-state index contributed by atoms with van der Waals surface area (Å²) in [5.41, 5.74) is 0.933. The van der Waals surface area contributed by atoms with Crippen LogP contribution in [0.2, 0.25) is 0 Å². The van der Waals surface area contributed by atoms with E-state index in [4.69, 9.17) is 4.74 Å². The third-order valence-corrected chi connectivity index (χ3v) is 9.07. The van der Waals surface area contributed by atoms with Crippen LogP contribution in [0.15, 0.2) is 11.3 Å². The van der Waals surface area contributed by atoms with Crippen LogP contribution in [0.5, 0.6) is 0 Å². The van der Waals surface area contributed by atoms with Crippen molar-refractivity contribution in [1.82, 2.24) is 0 Å². The number of nitrogens with zero attached hydrogens (tertiary/aromatic N) is 1. The highest BCUT2D eigenvalue weighted by atomic mass is 16.6. The van der Waals surface area contributed by atoms with Crippen molar-refractivity contribution in [3.8, 4) is 0 Å². The Balaban J connectivity index is 1.47. The molecule has 4 fully saturated rings. The summed E-state index contributed by atoms with van der Waals surface area (Å²) < 4.78 is 6.43. The number of carbonyl (C=O) groups excluding carboxylic acids is 1. The predicted octanol–water partition coefficient (Wildman–Crippen LogP) is 4.67. The van der Waals surface area contributed by atoms with Gasteiger partial charge in [-0.3, -0.25) is 14.9 Å². The molecule has 0 aromatic heterocycles. The van der Waals surface area contributed by atoms with Gasteiger partial charge in [-0.1, -0.05) is 13.8 Å². The summed E-state index contributed by atoms with van der Waals surface area (Å²) in [5, 5.41) is 11.6. The second-order valence-electron chi connectivity index (χ2n) is 10.3. The molecule has 0 heterocycles. The molecule has 0 bridgehead atoms. The molecule has 5 rings (SSSR count). The number of allylic oxidation sites excluding steroid dienone is 1. The molecule has 0 radical (unpaired) electrons. The van der Waals surface area contributed by atoms with Gasteiger partial charge in [0.1, 0.15) is 0 Å². The lowest BCUT2D eigenvalue weighted by Gasteiger charge is -2.57. The van der Waals surface area contributed by atoms with E-state index in [1.165, 1.54) is 32.1 Å². The number of ketones is 1. The number of Topliss-reactive ketones (excluding diaryl/α,β-unsaturated/α-hetero) is 1. The second kappa shape index (κ2) is 5.88. The summed E-state index contributed by atoms with van der Waals surface area (Å²) in [6, 6.07) is 0. The summed E-state index contributed by atoms with van der Waals surface area (Å²) in [5.74, 6) is 1.55. The number of rotatable bonds is 3. The highest BCUT2D eigenvalue weighted by Gasteiger charge is 2.61. The van der Waals surface area contributed by atoms with Gasteiger partial charge < -0.3 is 4.74 Å². The van der Waals surface area contributed by atoms with Crippen molar-refractivity contribution in [3.05, 3.63) is 21.4 Å². The highest BCUT2D eigenvalue weighted by molar-refractivity contribution is 5.95. The third-order valence-electron chi connectivity index (χ3n) is 9.07. The summed E-state index contributed by atoms with van der Waals surface area (Å²) in [6.07, 6.45) is 11.0. The van der Waals surface area contributed by atoms with Crippen molar-refractivity contribution in [2.75, 3.05) is 0 Å². The first-order valence-corrected chi connectivity index (χ1v) is 10.9. The minimum Gasteiger partial charge on any atom is -0.374 e. The second-order valence-corrected chi connectivity index (χ2v) is 10.3. The Morgan fingerprint density at radius 3 is 2.48 bits per heavy atom. The topological polar surface area (TPSA) is 69.4 Å². The minimum atomic E-state index is -0.391. The molecule has 0 unspecified atom stereocenters. The first-order valence-electron chi connectivity index (χ1n) is 10.9. The lowest BCUT2D eigenvalue weighted by Crippen LogP contribution is -2.52. The molecule has 27 heavy (non-hydrogen) atoms. The summed E-state index contributed by atoms with van der Waals surface area (Å²) in [7, 11) is 0. The maximum atomic E-state index is 12.3. The summed E-state index contributed by atoms with van der Waals surface area (Å²) in [6.45, 7) is 4.68. The smallest absolute Gasteiger partial charge is 0.311 e. The van der Waals surface area contributed by atoms with Gasteiger partial charge in [0.05, 0.1) is 17.1 Å². The van der Waals surface area contributed by atoms with Crippen molar-refractivity contribution in [1.29, 1.82) is 0 Å². The average molecular weight is 373 g/mol. The normalized spacial score (nSPS) is 46.7. The Labute approximate surface area is 161 Å². The molecule has 5 nitrogen and oxygen atoms in total. The maximum absolute atomic E-state index is 12.3. The van der Waals surface area contributed by atoms with E-state index in [2.05, 4.69) is 13.8 Å². The SMILES string of the molecule is C[C@]12CC[C@H]3[C@@H](CCC4=C([N+](=O)[O-])C(=O)CC[C@@]43C)[C@@H]1CC[C@H]2OC1CC1. The molecule has 5 aliphatic rings. The molecule has 4 saturated carbocycles. The van der Waals surface area contributed by atoms with E-state index in [1.807, 2.05) is 0 Å². The standard InChI is InChI=1S/C22H31NO4/c1-21-12-10-18(24)20(23(25)26)17(21)6-5-14-15-7-8-19(27-13-3-4-13)22(15,2)11-9-16(14)21/h13-16,19H,3-12H2,1-2H3/t14-,15-,16-,19+,21+,22-/m0/s1. The number of hydrogen-bond donors (Lipinski definition) is 0. The summed E-state index contributed by atoms with van der Waals surface area (Å²) in [4.78, 5) is 23.5. The lowest BCUT2D eigenvalue weighted by molar-refractivity contribution is -0.422. The van der Waals surface area contributed by atoms with Crippen LogP contribution in [0.25, 0.3) is 0 Å². The quantitative estimate of drug-likeness (QED) is 0.532. The van der Waals surface area contributed by atoms with Gasteiger partial charge in [-0.15, -0.1) is 0 Å². The highest BCUT2D eigenvalue weighted by Crippen LogP contribution is 2.66. The fraction of sp³-hybridized carbons (Fsp3) is 0.864. The average Bonchev–Trinajstić information content (AvgIpc) is 3.37. The molecule has 0 saturated heterocycles. The van der Waals surface area contributed by atoms with Crippen LogP contribution >= 0.6 is 0 Å². The van der Waals surface area contributed by atoms with Crippen LogP contribution in [0.1, 0.15) is 78.1 Å². The zero-order valence-electron chi connectivity index (χ0n) is 16.5. The molecule has 0 N–H and O–H groups in total. The first-order chi connectivity index (χ1) is 12.8. The first kappa shape index (κ1) is 17.8. The number of fused-ring (bicyclic) bond motifs is 5. The van der Waals surface area contributed by atoms with Crippen molar-refractivity contribution < 1.29 is 14.5 Å². The third kappa shape index (κ3) is 2.49. The van der Waals surface area contributed by atoms with E-state index in [9.17, 15) is 14.9 Å². The lowest BCUT2D eigenvalue weighted by atomic mass is 9.47. The molecular weight excluding hydrogens is 342 g/mol. The molecule has 0 aromatic rings. The number of nitro groups is 1. The number of ether oxygens (including phenoxy) is 1. The largest absolute Gasteiger partial charge is 0.374 e. The fourth-order valence-electron chi connectivity index (χ4n) is 7.51. The van der Waals surface area contributed by atoms with E-state index in [0.717, 1.165) is 31.3 Å². The Morgan fingerprint density at radius 1 is 1.00 bits per heavy atom. The van der Waals surface area contributed by atoms with Crippen LogP contribution in [0, 0.1) is 38.7 Å².